The quantitative estimate of drug-likeness (QED) is 0.318. The standard InChI is InChI=1S/C7H7NO6S/c8-5-4(15(12,13)14)2-1-3(6(5)9)7(10)11/h1-2,9H,8H2,(H,10,11)(H,12,13,14). The Labute approximate surface area is 84.5 Å². The van der Waals surface area contributed by atoms with Crippen molar-refractivity contribution in [2.24, 2.45) is 0 Å². The molecule has 0 spiro atoms. The van der Waals surface area contributed by atoms with Gasteiger partial charge >= 0.3 is 5.97 Å². The van der Waals surface area contributed by atoms with Gasteiger partial charge in [-0.2, -0.15) is 8.42 Å². The number of rotatable bonds is 2. The third kappa shape index (κ3) is 2.00. The molecule has 0 fully saturated rings. The molecule has 7 nitrogen and oxygen atoms in total. The van der Waals surface area contributed by atoms with Crippen LogP contribution in [0.3, 0.4) is 0 Å². The number of benzene rings is 1. The first kappa shape index (κ1) is 11.3. The topological polar surface area (TPSA) is 138 Å². The van der Waals surface area contributed by atoms with Crippen LogP contribution in [-0.2, 0) is 10.1 Å². The number of hydrogen-bond donors (Lipinski definition) is 4. The van der Waals surface area contributed by atoms with E-state index in [1.165, 1.54) is 0 Å². The van der Waals surface area contributed by atoms with E-state index in [0.29, 0.717) is 0 Å². The molecule has 5 N–H and O–H groups in total. The fourth-order valence-electron chi connectivity index (χ4n) is 0.987. The Morgan fingerprint density at radius 2 is 1.87 bits per heavy atom. The number of nitrogens with two attached hydrogens (primary N) is 1. The number of hydrogen-bond acceptors (Lipinski definition) is 5. The lowest BCUT2D eigenvalue weighted by atomic mass is 10.2. The summed E-state index contributed by atoms with van der Waals surface area (Å²) in [7, 11) is -4.58. The zero-order chi connectivity index (χ0) is 11.8. The summed E-state index contributed by atoms with van der Waals surface area (Å²) in [5.74, 6) is -2.35. The molecule has 0 heterocycles. The van der Waals surface area contributed by atoms with Gasteiger partial charge in [-0.05, 0) is 12.1 Å². The Bertz CT molecular complexity index is 521. The molecule has 1 aromatic rings. The Morgan fingerprint density at radius 3 is 2.27 bits per heavy atom. The maximum Gasteiger partial charge on any atom is 0.339 e. The van der Waals surface area contributed by atoms with Crippen LogP contribution in [0, 0.1) is 0 Å². The monoisotopic (exact) mass is 233 g/mol. The Morgan fingerprint density at radius 1 is 1.33 bits per heavy atom. The third-order valence-corrected chi connectivity index (χ3v) is 2.60. The van der Waals surface area contributed by atoms with Crippen molar-refractivity contribution in [1.82, 2.24) is 0 Å². The molecular formula is C7H7NO6S. The lowest BCUT2D eigenvalue weighted by Crippen LogP contribution is -2.06. The first-order valence-electron chi connectivity index (χ1n) is 3.57. The predicted octanol–water partition coefficient (Wildman–Crippen LogP) is -0.0807. The van der Waals surface area contributed by atoms with Crippen molar-refractivity contribution in [3.63, 3.8) is 0 Å². The molecule has 0 saturated heterocycles. The fourth-order valence-corrected chi connectivity index (χ4v) is 1.60. The maximum absolute atomic E-state index is 10.7. The first-order chi connectivity index (χ1) is 6.75. The molecule has 0 aromatic heterocycles. The van der Waals surface area contributed by atoms with Gasteiger partial charge < -0.3 is 15.9 Å². The zero-order valence-electron chi connectivity index (χ0n) is 7.21. The van der Waals surface area contributed by atoms with E-state index in [-0.39, 0.29) is 0 Å². The van der Waals surface area contributed by atoms with Crippen molar-refractivity contribution in [2.75, 3.05) is 5.73 Å². The van der Waals surface area contributed by atoms with Crippen molar-refractivity contribution < 1.29 is 28.0 Å². The van der Waals surface area contributed by atoms with Crippen molar-refractivity contribution in [3.05, 3.63) is 17.7 Å². The first-order valence-corrected chi connectivity index (χ1v) is 5.01. The Kier molecular flexibility index (Phi) is 2.56. The summed E-state index contributed by atoms with van der Waals surface area (Å²) in [4.78, 5) is 9.78. The summed E-state index contributed by atoms with van der Waals surface area (Å²) in [6.07, 6.45) is 0. The molecule has 0 unspecified atom stereocenters. The summed E-state index contributed by atoms with van der Waals surface area (Å²) >= 11 is 0. The van der Waals surface area contributed by atoms with E-state index in [1.807, 2.05) is 0 Å². The van der Waals surface area contributed by atoms with E-state index >= 15 is 0 Å². The minimum absolute atomic E-state index is 0.542. The molecule has 8 heteroatoms. The van der Waals surface area contributed by atoms with Gasteiger partial charge in [-0.15, -0.1) is 0 Å². The second-order valence-electron chi connectivity index (χ2n) is 2.65. The minimum Gasteiger partial charge on any atom is -0.505 e. The summed E-state index contributed by atoms with van der Waals surface area (Å²) in [5, 5.41) is 17.8. The maximum atomic E-state index is 10.7. The molecule has 0 atom stereocenters. The van der Waals surface area contributed by atoms with E-state index in [9.17, 15) is 18.3 Å². The van der Waals surface area contributed by atoms with Gasteiger partial charge in [0.15, 0.2) is 5.75 Å². The van der Waals surface area contributed by atoms with Crippen LogP contribution in [0.1, 0.15) is 10.4 Å². The van der Waals surface area contributed by atoms with Gasteiger partial charge in [0.1, 0.15) is 10.5 Å². The summed E-state index contributed by atoms with van der Waals surface area (Å²) in [6.45, 7) is 0. The van der Waals surface area contributed by atoms with Crippen LogP contribution in [0.15, 0.2) is 17.0 Å². The highest BCUT2D eigenvalue weighted by molar-refractivity contribution is 7.86. The van der Waals surface area contributed by atoms with Gasteiger partial charge in [0.2, 0.25) is 0 Å². The van der Waals surface area contributed by atoms with Crippen LogP contribution in [-0.4, -0.2) is 29.2 Å². The molecular weight excluding hydrogens is 226 g/mol. The highest BCUT2D eigenvalue weighted by Gasteiger charge is 2.21. The van der Waals surface area contributed by atoms with Gasteiger partial charge in [-0.3, -0.25) is 4.55 Å². The van der Waals surface area contributed by atoms with E-state index in [1.54, 1.807) is 0 Å². The van der Waals surface area contributed by atoms with Gasteiger partial charge in [0.05, 0.1) is 5.69 Å². The van der Waals surface area contributed by atoms with E-state index in [4.69, 9.17) is 15.4 Å². The predicted molar refractivity (Wildman–Crippen MR) is 49.3 cm³/mol. The number of anilines is 1. The highest BCUT2D eigenvalue weighted by atomic mass is 32.2. The molecule has 15 heavy (non-hydrogen) atoms. The molecule has 0 saturated carbocycles. The molecule has 0 amide bonds. The van der Waals surface area contributed by atoms with Crippen LogP contribution < -0.4 is 5.73 Å². The molecule has 82 valence electrons. The third-order valence-electron chi connectivity index (χ3n) is 1.69. The second-order valence-corrected chi connectivity index (χ2v) is 4.04. The highest BCUT2D eigenvalue weighted by Crippen LogP contribution is 2.31. The smallest absolute Gasteiger partial charge is 0.339 e. The summed E-state index contributed by atoms with van der Waals surface area (Å²) in [6, 6.07) is 1.63. The van der Waals surface area contributed by atoms with Crippen LogP contribution in [0.5, 0.6) is 5.75 Å². The number of aromatic hydroxyl groups is 1. The van der Waals surface area contributed by atoms with Gasteiger partial charge in [0, 0.05) is 0 Å². The molecule has 0 aliphatic carbocycles. The van der Waals surface area contributed by atoms with Crippen molar-refractivity contribution in [3.8, 4) is 5.75 Å². The van der Waals surface area contributed by atoms with Gasteiger partial charge in [-0.25, -0.2) is 4.79 Å². The molecule has 0 radical (unpaired) electrons. The number of phenols is 1. The lowest BCUT2D eigenvalue weighted by Gasteiger charge is -2.06. The van der Waals surface area contributed by atoms with Crippen LogP contribution in [0.25, 0.3) is 0 Å². The van der Waals surface area contributed by atoms with Crippen molar-refractivity contribution in [2.45, 2.75) is 4.90 Å². The summed E-state index contributed by atoms with van der Waals surface area (Å²) < 4.78 is 30.1. The number of carbonyl (C=O) groups is 1. The number of nitrogen functional groups attached to an aromatic ring is 1. The van der Waals surface area contributed by atoms with Crippen LogP contribution >= 0.6 is 0 Å². The average molecular weight is 233 g/mol. The molecule has 0 bridgehead atoms. The van der Waals surface area contributed by atoms with Crippen molar-refractivity contribution >= 4 is 21.8 Å². The van der Waals surface area contributed by atoms with E-state index in [0.717, 1.165) is 12.1 Å². The SMILES string of the molecule is Nc1c(S(=O)(=O)O)ccc(C(=O)O)c1O. The zero-order valence-corrected chi connectivity index (χ0v) is 8.02. The average Bonchev–Trinajstić information content (AvgIpc) is 2.06. The molecule has 1 aromatic carbocycles. The lowest BCUT2D eigenvalue weighted by molar-refractivity contribution is 0.0693. The van der Waals surface area contributed by atoms with E-state index in [2.05, 4.69) is 0 Å². The molecule has 0 aliphatic heterocycles. The van der Waals surface area contributed by atoms with Crippen LogP contribution in [0.4, 0.5) is 5.69 Å². The number of carboxylic acid groups (broad SMARTS) is 1. The summed E-state index contributed by atoms with van der Waals surface area (Å²) in [5.41, 5.74) is 3.92. The van der Waals surface area contributed by atoms with E-state index < -0.39 is 38.0 Å². The van der Waals surface area contributed by atoms with Gasteiger partial charge in [0.25, 0.3) is 10.1 Å². The molecule has 1 rings (SSSR count). The van der Waals surface area contributed by atoms with Crippen molar-refractivity contribution in [1.29, 1.82) is 0 Å². The Hall–Kier alpha value is -1.80. The minimum atomic E-state index is -4.58. The number of aromatic carboxylic acids is 1. The fraction of sp³-hybridized carbons (Fsp3) is 0. The Balaban J connectivity index is 3.55. The molecule has 0 aliphatic rings. The largest absolute Gasteiger partial charge is 0.505 e. The normalized spacial score (nSPS) is 11.3. The van der Waals surface area contributed by atoms with Gasteiger partial charge in [-0.1, -0.05) is 0 Å². The van der Waals surface area contributed by atoms with Crippen LogP contribution in [0.2, 0.25) is 0 Å². The number of carboxylic acids is 1. The second kappa shape index (κ2) is 3.41.